The van der Waals surface area contributed by atoms with Gasteiger partial charge in [0, 0.05) is 10.7 Å². The maximum atomic E-state index is 13.5. The molecule has 1 unspecified atom stereocenters. The molecule has 8 heteroatoms. The molecule has 4 rings (SSSR count). The standard InChI is InChI=1S/C28H26ClNO6/c1-5-36-23-14-17(10-11-21(23)31)25-24(26(32)18-13-15(2)9-12-22(18)35-4)27(33)28(34)30(25)20-8-6-7-19(29)16(20)3/h6-14,25,31-32H,5H2,1-4H3/b26-24+. The maximum Gasteiger partial charge on any atom is 0.300 e. The van der Waals surface area contributed by atoms with Crippen molar-refractivity contribution in [1.82, 2.24) is 0 Å². The zero-order valence-electron chi connectivity index (χ0n) is 20.3. The predicted octanol–water partition coefficient (Wildman–Crippen LogP) is 5.70. The van der Waals surface area contributed by atoms with Crippen LogP contribution in [0.3, 0.4) is 0 Å². The van der Waals surface area contributed by atoms with Crippen LogP contribution in [0.1, 0.15) is 35.2 Å². The zero-order valence-corrected chi connectivity index (χ0v) is 21.1. The Kier molecular flexibility index (Phi) is 6.95. The Bertz CT molecular complexity index is 1400. The SMILES string of the molecule is CCOc1cc(C2/C(=C(\O)c3cc(C)ccc3OC)C(=O)C(=O)N2c2cccc(Cl)c2C)ccc1O. The number of hydrogen-bond donors (Lipinski definition) is 2. The Morgan fingerprint density at radius 3 is 2.50 bits per heavy atom. The fourth-order valence-corrected chi connectivity index (χ4v) is 4.55. The Labute approximate surface area is 214 Å². The summed E-state index contributed by atoms with van der Waals surface area (Å²) in [5.41, 5.74) is 2.49. The molecule has 1 aliphatic rings. The quantitative estimate of drug-likeness (QED) is 0.252. The fourth-order valence-electron chi connectivity index (χ4n) is 4.38. The molecule has 186 valence electrons. The number of hydrogen-bond acceptors (Lipinski definition) is 6. The number of ether oxygens (including phenoxy) is 2. The van der Waals surface area contributed by atoms with Crippen LogP contribution in [0.2, 0.25) is 5.02 Å². The van der Waals surface area contributed by atoms with E-state index in [1.165, 1.54) is 18.1 Å². The van der Waals surface area contributed by atoms with Crippen LogP contribution in [0.4, 0.5) is 5.69 Å². The van der Waals surface area contributed by atoms with E-state index in [2.05, 4.69) is 0 Å². The van der Waals surface area contributed by atoms with Crippen LogP contribution in [0, 0.1) is 13.8 Å². The van der Waals surface area contributed by atoms with E-state index in [0.29, 0.717) is 34.2 Å². The van der Waals surface area contributed by atoms with Gasteiger partial charge in [-0.15, -0.1) is 0 Å². The molecule has 0 bridgehead atoms. The lowest BCUT2D eigenvalue weighted by atomic mass is 9.94. The highest BCUT2D eigenvalue weighted by Crippen LogP contribution is 2.46. The third-order valence-corrected chi connectivity index (χ3v) is 6.56. The highest BCUT2D eigenvalue weighted by atomic mass is 35.5. The van der Waals surface area contributed by atoms with Gasteiger partial charge in [-0.3, -0.25) is 14.5 Å². The molecule has 7 nitrogen and oxygen atoms in total. The van der Waals surface area contributed by atoms with Gasteiger partial charge < -0.3 is 19.7 Å². The molecule has 1 atom stereocenters. The normalized spacial score (nSPS) is 16.9. The predicted molar refractivity (Wildman–Crippen MR) is 138 cm³/mol. The minimum atomic E-state index is -1.02. The van der Waals surface area contributed by atoms with Crippen molar-refractivity contribution in [2.75, 3.05) is 18.6 Å². The van der Waals surface area contributed by atoms with E-state index >= 15 is 0 Å². The van der Waals surface area contributed by atoms with E-state index in [4.69, 9.17) is 21.1 Å². The highest BCUT2D eigenvalue weighted by Gasteiger charge is 2.48. The second-order valence-electron chi connectivity index (χ2n) is 8.42. The number of carbonyl (C=O) groups excluding carboxylic acids is 2. The van der Waals surface area contributed by atoms with Crippen LogP contribution < -0.4 is 14.4 Å². The first kappa shape index (κ1) is 25.1. The van der Waals surface area contributed by atoms with Crippen LogP contribution in [0.5, 0.6) is 17.2 Å². The van der Waals surface area contributed by atoms with E-state index < -0.39 is 17.7 Å². The van der Waals surface area contributed by atoms with E-state index in [1.807, 2.05) is 13.0 Å². The molecule has 1 saturated heterocycles. The van der Waals surface area contributed by atoms with E-state index in [0.717, 1.165) is 5.56 Å². The van der Waals surface area contributed by atoms with Crippen molar-refractivity contribution in [1.29, 1.82) is 0 Å². The molecule has 0 saturated carbocycles. The molecule has 3 aromatic carbocycles. The summed E-state index contributed by atoms with van der Waals surface area (Å²) in [6.07, 6.45) is 0. The molecule has 0 radical (unpaired) electrons. The zero-order chi connectivity index (χ0) is 26.1. The van der Waals surface area contributed by atoms with Crippen molar-refractivity contribution in [2.45, 2.75) is 26.8 Å². The monoisotopic (exact) mass is 507 g/mol. The van der Waals surface area contributed by atoms with Crippen molar-refractivity contribution in [3.63, 3.8) is 0 Å². The van der Waals surface area contributed by atoms with Gasteiger partial charge in [0.1, 0.15) is 11.5 Å². The number of carbonyl (C=O) groups is 2. The smallest absolute Gasteiger partial charge is 0.300 e. The number of ketones is 1. The minimum Gasteiger partial charge on any atom is -0.507 e. The summed E-state index contributed by atoms with van der Waals surface area (Å²) >= 11 is 6.36. The first-order valence-electron chi connectivity index (χ1n) is 11.4. The number of Topliss-reactive ketones (excluding diaryl/α,β-unsaturated/α-hetero) is 1. The third-order valence-electron chi connectivity index (χ3n) is 6.15. The van der Waals surface area contributed by atoms with E-state index in [-0.39, 0.29) is 28.4 Å². The molecule has 0 aromatic heterocycles. The number of rotatable bonds is 6. The highest BCUT2D eigenvalue weighted by molar-refractivity contribution is 6.52. The van der Waals surface area contributed by atoms with Crippen LogP contribution in [0.25, 0.3) is 5.76 Å². The van der Waals surface area contributed by atoms with Gasteiger partial charge in [-0.25, -0.2) is 0 Å². The number of aliphatic hydroxyl groups is 1. The molecule has 3 aromatic rings. The van der Waals surface area contributed by atoms with Crippen molar-refractivity contribution in [3.05, 3.63) is 87.4 Å². The molecule has 1 heterocycles. The molecule has 0 aliphatic carbocycles. The lowest BCUT2D eigenvalue weighted by molar-refractivity contribution is -0.132. The van der Waals surface area contributed by atoms with Crippen molar-refractivity contribution < 1.29 is 29.3 Å². The molecular formula is C28H26ClNO6. The average molecular weight is 508 g/mol. The summed E-state index contributed by atoms with van der Waals surface area (Å²) < 4.78 is 11.0. The summed E-state index contributed by atoms with van der Waals surface area (Å²) in [5.74, 6) is -1.58. The van der Waals surface area contributed by atoms with Crippen LogP contribution in [0.15, 0.2) is 60.2 Å². The largest absolute Gasteiger partial charge is 0.507 e. The number of aliphatic hydroxyl groups excluding tert-OH is 1. The molecule has 2 N–H and O–H groups in total. The van der Waals surface area contributed by atoms with Crippen molar-refractivity contribution in [2.24, 2.45) is 0 Å². The number of aromatic hydroxyl groups is 1. The number of phenols is 1. The van der Waals surface area contributed by atoms with Gasteiger partial charge >= 0.3 is 0 Å². The number of halogens is 1. The number of benzene rings is 3. The van der Waals surface area contributed by atoms with Gasteiger partial charge in [0.05, 0.1) is 30.9 Å². The molecular weight excluding hydrogens is 482 g/mol. The Morgan fingerprint density at radius 2 is 1.81 bits per heavy atom. The van der Waals surface area contributed by atoms with Gasteiger partial charge in [-0.05, 0) is 68.3 Å². The van der Waals surface area contributed by atoms with Gasteiger partial charge in [0.25, 0.3) is 11.7 Å². The Morgan fingerprint density at radius 1 is 1.06 bits per heavy atom. The first-order valence-corrected chi connectivity index (χ1v) is 11.7. The Balaban J connectivity index is 2.04. The summed E-state index contributed by atoms with van der Waals surface area (Å²) in [6.45, 7) is 5.67. The molecule has 1 amide bonds. The van der Waals surface area contributed by atoms with Gasteiger partial charge in [0.15, 0.2) is 11.5 Å². The number of amides is 1. The number of phenolic OH excluding ortho intramolecular Hbond substituents is 1. The molecule has 1 aliphatic heterocycles. The lowest BCUT2D eigenvalue weighted by Gasteiger charge is -2.27. The number of anilines is 1. The summed E-state index contributed by atoms with van der Waals surface area (Å²) in [5, 5.41) is 22.2. The Hall–Kier alpha value is -3.97. The second-order valence-corrected chi connectivity index (χ2v) is 8.82. The van der Waals surface area contributed by atoms with Crippen molar-refractivity contribution >= 4 is 34.7 Å². The molecule has 36 heavy (non-hydrogen) atoms. The van der Waals surface area contributed by atoms with Gasteiger partial charge in [-0.2, -0.15) is 0 Å². The maximum absolute atomic E-state index is 13.5. The summed E-state index contributed by atoms with van der Waals surface area (Å²) in [7, 11) is 1.46. The lowest BCUT2D eigenvalue weighted by Crippen LogP contribution is -2.30. The summed E-state index contributed by atoms with van der Waals surface area (Å²) in [4.78, 5) is 28.3. The summed E-state index contributed by atoms with van der Waals surface area (Å²) in [6, 6.07) is 13.8. The number of aryl methyl sites for hydroxylation is 1. The van der Waals surface area contributed by atoms with E-state index in [9.17, 15) is 19.8 Å². The number of methoxy groups -OCH3 is 1. The van der Waals surface area contributed by atoms with Gasteiger partial charge in [0.2, 0.25) is 0 Å². The topological polar surface area (TPSA) is 96.3 Å². The number of nitrogens with zero attached hydrogens (tertiary/aromatic N) is 1. The van der Waals surface area contributed by atoms with Gasteiger partial charge in [-0.1, -0.05) is 35.4 Å². The fraction of sp³-hybridized carbons (Fsp3) is 0.214. The third kappa shape index (κ3) is 4.27. The minimum absolute atomic E-state index is 0.0863. The molecule has 0 spiro atoms. The first-order chi connectivity index (χ1) is 17.2. The van der Waals surface area contributed by atoms with Crippen LogP contribution in [-0.2, 0) is 9.59 Å². The second kappa shape index (κ2) is 9.95. The van der Waals surface area contributed by atoms with E-state index in [1.54, 1.807) is 56.3 Å². The van der Waals surface area contributed by atoms with Crippen molar-refractivity contribution in [3.8, 4) is 17.2 Å². The van der Waals surface area contributed by atoms with Crippen LogP contribution in [-0.4, -0.2) is 35.6 Å². The molecule has 1 fully saturated rings. The average Bonchev–Trinajstić information content (AvgIpc) is 3.12. The van der Waals surface area contributed by atoms with Crippen LogP contribution >= 0.6 is 11.6 Å².